The van der Waals surface area contributed by atoms with Gasteiger partial charge >= 0.3 is 0 Å². The average Bonchev–Trinajstić information content (AvgIpc) is 3.01. The second-order valence-corrected chi connectivity index (χ2v) is 6.44. The lowest BCUT2D eigenvalue weighted by molar-refractivity contribution is 0.103. The number of hydrogen-bond donors (Lipinski definition) is 1. The molecule has 1 amide bonds. The third-order valence-corrected chi connectivity index (χ3v) is 4.27. The summed E-state index contributed by atoms with van der Waals surface area (Å²) in [6.45, 7) is 0.445. The van der Waals surface area contributed by atoms with Crippen LogP contribution in [0.2, 0.25) is 4.34 Å². The third kappa shape index (κ3) is 4.31. The van der Waals surface area contributed by atoms with Crippen molar-refractivity contribution in [3.05, 3.63) is 75.7 Å². The number of amides is 1. The molecular weight excluding hydrogens is 332 g/mol. The highest BCUT2D eigenvalue weighted by Crippen LogP contribution is 2.23. The van der Waals surface area contributed by atoms with Crippen LogP contribution in [-0.4, -0.2) is 10.9 Å². The van der Waals surface area contributed by atoms with Gasteiger partial charge in [0, 0.05) is 24.1 Å². The predicted molar refractivity (Wildman–Crippen MR) is 92.3 cm³/mol. The van der Waals surface area contributed by atoms with Crippen LogP contribution in [-0.2, 0) is 6.61 Å². The van der Waals surface area contributed by atoms with Gasteiger partial charge in [-0.25, -0.2) is 0 Å². The summed E-state index contributed by atoms with van der Waals surface area (Å²) in [5.41, 5.74) is 1.70. The molecule has 0 fully saturated rings. The normalized spacial score (nSPS) is 10.3. The lowest BCUT2D eigenvalue weighted by atomic mass is 10.2. The van der Waals surface area contributed by atoms with Crippen molar-refractivity contribution in [2.24, 2.45) is 0 Å². The van der Waals surface area contributed by atoms with Gasteiger partial charge in [0.1, 0.15) is 12.4 Å². The van der Waals surface area contributed by atoms with E-state index in [4.69, 9.17) is 16.3 Å². The van der Waals surface area contributed by atoms with E-state index in [0.717, 1.165) is 5.56 Å². The van der Waals surface area contributed by atoms with Crippen molar-refractivity contribution >= 4 is 34.5 Å². The molecule has 0 saturated heterocycles. The van der Waals surface area contributed by atoms with E-state index >= 15 is 0 Å². The van der Waals surface area contributed by atoms with Gasteiger partial charge in [0.25, 0.3) is 5.91 Å². The molecule has 0 saturated carbocycles. The lowest BCUT2D eigenvalue weighted by Crippen LogP contribution is -2.10. The van der Waals surface area contributed by atoms with Crippen molar-refractivity contribution in [3.63, 3.8) is 0 Å². The molecule has 3 aromatic rings. The molecule has 0 aliphatic carbocycles. The maximum Gasteiger partial charge on any atom is 0.265 e. The zero-order chi connectivity index (χ0) is 16.1. The molecular formula is C17H13ClN2O2S. The summed E-state index contributed by atoms with van der Waals surface area (Å²) < 4.78 is 6.31. The molecule has 23 heavy (non-hydrogen) atoms. The molecule has 0 atom stereocenters. The summed E-state index contributed by atoms with van der Waals surface area (Å²) >= 11 is 7.09. The van der Waals surface area contributed by atoms with Crippen LogP contribution in [0, 0.1) is 0 Å². The van der Waals surface area contributed by atoms with Gasteiger partial charge in [-0.05, 0) is 42.0 Å². The van der Waals surface area contributed by atoms with Gasteiger partial charge in [0.2, 0.25) is 0 Å². The van der Waals surface area contributed by atoms with E-state index in [0.29, 0.717) is 27.3 Å². The minimum atomic E-state index is -0.187. The summed E-state index contributed by atoms with van der Waals surface area (Å²) in [6.07, 6.45) is 3.45. The second kappa shape index (κ2) is 7.26. The molecule has 3 rings (SSSR count). The van der Waals surface area contributed by atoms with Crippen LogP contribution in [0.3, 0.4) is 0 Å². The van der Waals surface area contributed by atoms with E-state index in [1.165, 1.54) is 11.3 Å². The molecule has 2 heterocycles. The van der Waals surface area contributed by atoms with Crippen molar-refractivity contribution in [3.8, 4) is 5.75 Å². The first-order valence-electron chi connectivity index (χ1n) is 6.89. The van der Waals surface area contributed by atoms with Crippen molar-refractivity contribution in [1.29, 1.82) is 0 Å². The van der Waals surface area contributed by atoms with Crippen LogP contribution in [0.15, 0.2) is 60.9 Å². The molecule has 1 aromatic carbocycles. The zero-order valence-electron chi connectivity index (χ0n) is 12.0. The van der Waals surface area contributed by atoms with Crippen molar-refractivity contribution in [2.75, 3.05) is 5.32 Å². The molecule has 4 nitrogen and oxygen atoms in total. The highest BCUT2D eigenvalue weighted by molar-refractivity contribution is 7.18. The number of nitrogens with zero attached hydrogens (tertiary/aromatic N) is 1. The summed E-state index contributed by atoms with van der Waals surface area (Å²) in [5.74, 6) is 0.497. The third-order valence-electron chi connectivity index (χ3n) is 3.04. The SMILES string of the molecule is O=C(Nc1cccc(OCc2ccncc2)c1)c1ccc(Cl)s1. The largest absolute Gasteiger partial charge is 0.489 e. The van der Waals surface area contributed by atoms with Crippen LogP contribution in [0.25, 0.3) is 0 Å². The summed E-state index contributed by atoms with van der Waals surface area (Å²) in [6, 6.07) is 14.5. The number of carbonyl (C=O) groups is 1. The number of halogens is 1. The summed E-state index contributed by atoms with van der Waals surface area (Å²) in [7, 11) is 0. The Hall–Kier alpha value is -2.37. The maximum absolute atomic E-state index is 12.1. The number of nitrogens with one attached hydrogen (secondary N) is 1. The molecule has 0 aliphatic rings. The van der Waals surface area contributed by atoms with Gasteiger partial charge in [-0.3, -0.25) is 9.78 Å². The number of ether oxygens (including phenoxy) is 1. The molecule has 0 radical (unpaired) electrons. The molecule has 0 spiro atoms. The van der Waals surface area contributed by atoms with E-state index < -0.39 is 0 Å². The Bertz CT molecular complexity index is 805. The van der Waals surface area contributed by atoms with Crippen molar-refractivity contribution in [2.45, 2.75) is 6.61 Å². The van der Waals surface area contributed by atoms with Crippen LogP contribution in [0.1, 0.15) is 15.2 Å². The van der Waals surface area contributed by atoms with E-state index in [-0.39, 0.29) is 5.91 Å². The van der Waals surface area contributed by atoms with Crippen LogP contribution < -0.4 is 10.1 Å². The Morgan fingerprint density at radius 3 is 2.74 bits per heavy atom. The predicted octanol–water partition coefficient (Wildman–Crippen LogP) is 4.63. The lowest BCUT2D eigenvalue weighted by Gasteiger charge is -2.09. The Morgan fingerprint density at radius 1 is 1.17 bits per heavy atom. The number of hydrogen-bond acceptors (Lipinski definition) is 4. The zero-order valence-corrected chi connectivity index (χ0v) is 13.6. The first kappa shape index (κ1) is 15.5. The Kier molecular flexibility index (Phi) is 4.90. The quantitative estimate of drug-likeness (QED) is 0.734. The van der Waals surface area contributed by atoms with Crippen LogP contribution in [0.4, 0.5) is 5.69 Å². The van der Waals surface area contributed by atoms with Crippen LogP contribution in [0.5, 0.6) is 5.75 Å². The molecule has 2 aromatic heterocycles. The topological polar surface area (TPSA) is 51.2 Å². The number of rotatable bonds is 5. The monoisotopic (exact) mass is 344 g/mol. The standard InChI is InChI=1S/C17H13ClN2O2S/c18-16-5-4-15(23-16)17(21)20-13-2-1-3-14(10-13)22-11-12-6-8-19-9-7-12/h1-10H,11H2,(H,20,21). The van der Waals surface area contributed by atoms with Gasteiger partial charge in [-0.2, -0.15) is 0 Å². The highest BCUT2D eigenvalue weighted by Gasteiger charge is 2.09. The van der Waals surface area contributed by atoms with Gasteiger partial charge in [-0.1, -0.05) is 17.7 Å². The summed E-state index contributed by atoms with van der Waals surface area (Å²) in [4.78, 5) is 16.6. The number of benzene rings is 1. The maximum atomic E-state index is 12.1. The summed E-state index contributed by atoms with van der Waals surface area (Å²) in [5, 5.41) is 2.83. The van der Waals surface area contributed by atoms with E-state index in [1.807, 2.05) is 30.3 Å². The average molecular weight is 345 g/mol. The fourth-order valence-electron chi connectivity index (χ4n) is 1.94. The minimum absolute atomic E-state index is 0.187. The van der Waals surface area contributed by atoms with Gasteiger partial charge < -0.3 is 10.1 Å². The molecule has 6 heteroatoms. The molecule has 116 valence electrons. The molecule has 1 N–H and O–H groups in total. The number of carbonyl (C=O) groups excluding carboxylic acids is 1. The van der Waals surface area contributed by atoms with Gasteiger partial charge in [0.15, 0.2) is 0 Å². The Balaban J connectivity index is 1.64. The van der Waals surface area contributed by atoms with Gasteiger partial charge in [0.05, 0.1) is 9.21 Å². The van der Waals surface area contributed by atoms with E-state index in [2.05, 4.69) is 10.3 Å². The molecule has 0 bridgehead atoms. The highest BCUT2D eigenvalue weighted by atomic mass is 35.5. The number of pyridine rings is 1. The first-order valence-corrected chi connectivity index (χ1v) is 8.08. The Morgan fingerprint density at radius 2 is 2.00 bits per heavy atom. The first-order chi connectivity index (χ1) is 11.2. The van der Waals surface area contributed by atoms with Crippen molar-refractivity contribution in [1.82, 2.24) is 4.98 Å². The Labute approximate surface area is 142 Å². The fraction of sp³-hybridized carbons (Fsp3) is 0.0588. The fourth-order valence-corrected chi connectivity index (χ4v) is 2.88. The number of thiophene rings is 1. The minimum Gasteiger partial charge on any atom is -0.489 e. The van der Waals surface area contributed by atoms with Gasteiger partial charge in [-0.15, -0.1) is 11.3 Å². The van der Waals surface area contributed by atoms with E-state index in [9.17, 15) is 4.79 Å². The number of aromatic nitrogens is 1. The second-order valence-electron chi connectivity index (χ2n) is 4.73. The smallest absolute Gasteiger partial charge is 0.265 e. The molecule has 0 unspecified atom stereocenters. The number of anilines is 1. The van der Waals surface area contributed by atoms with Crippen molar-refractivity contribution < 1.29 is 9.53 Å². The van der Waals surface area contributed by atoms with E-state index in [1.54, 1.807) is 30.6 Å². The molecule has 0 aliphatic heterocycles. The van der Waals surface area contributed by atoms with Crippen LogP contribution >= 0.6 is 22.9 Å².